The van der Waals surface area contributed by atoms with E-state index in [0.717, 1.165) is 38.0 Å². The molecule has 4 nitrogen and oxygen atoms in total. The third-order valence-corrected chi connectivity index (χ3v) is 8.84. The molecule has 0 spiro atoms. The van der Waals surface area contributed by atoms with E-state index >= 15 is 0 Å². The van der Waals surface area contributed by atoms with Crippen molar-refractivity contribution in [3.8, 4) is 0 Å². The topological polar surface area (TPSA) is 49.8 Å². The number of hydrogen-bond donors (Lipinski definition) is 1. The molecule has 1 saturated carbocycles. The van der Waals surface area contributed by atoms with Crippen molar-refractivity contribution in [1.82, 2.24) is 4.90 Å². The largest absolute Gasteiger partial charge is 0.458 e. The summed E-state index contributed by atoms with van der Waals surface area (Å²) >= 11 is 0. The van der Waals surface area contributed by atoms with Crippen LogP contribution in [0, 0.1) is 30.1 Å². The van der Waals surface area contributed by atoms with Gasteiger partial charge in [-0.25, -0.2) is 0 Å². The average Bonchev–Trinajstić information content (AvgIpc) is 2.76. The fourth-order valence-corrected chi connectivity index (χ4v) is 6.87. The number of fused-ring (bicyclic) bond motifs is 1. The molecule has 1 saturated heterocycles. The van der Waals surface area contributed by atoms with E-state index in [1.54, 1.807) is 0 Å². The molecule has 1 radical (unpaired) electrons. The van der Waals surface area contributed by atoms with Crippen molar-refractivity contribution in [2.75, 3.05) is 19.6 Å². The molecule has 7 atom stereocenters. The predicted molar refractivity (Wildman–Crippen MR) is 133 cm³/mol. The molecule has 4 rings (SSSR count). The van der Waals surface area contributed by atoms with Gasteiger partial charge in [-0.2, -0.15) is 0 Å². The summed E-state index contributed by atoms with van der Waals surface area (Å²) in [7, 11) is 0. The van der Waals surface area contributed by atoms with Crippen molar-refractivity contribution in [2.24, 2.45) is 23.7 Å². The van der Waals surface area contributed by atoms with Gasteiger partial charge in [0, 0.05) is 37.8 Å². The van der Waals surface area contributed by atoms with Crippen LogP contribution in [0.25, 0.3) is 0 Å². The SMILES string of the molecule is CC(=O)O[C@@H]1[CH][C@@]2(O)[C@H](C)CC[C@@H](C(C)CN3CCC[C@@](C)(c4ccccc4)C3)[C@H]2C=C1C. The first-order valence-electron chi connectivity index (χ1n) is 12.8. The molecule has 1 unspecified atom stereocenters. The summed E-state index contributed by atoms with van der Waals surface area (Å²) in [6.07, 6.45) is 8.31. The van der Waals surface area contributed by atoms with Gasteiger partial charge >= 0.3 is 5.97 Å². The smallest absolute Gasteiger partial charge is 0.303 e. The Morgan fingerprint density at radius 1 is 1.27 bits per heavy atom. The molecular weight excluding hydrogens is 410 g/mol. The first kappa shape index (κ1) is 24.5. The van der Waals surface area contributed by atoms with Gasteiger partial charge < -0.3 is 14.7 Å². The van der Waals surface area contributed by atoms with Gasteiger partial charge in [0.25, 0.3) is 0 Å². The fraction of sp³-hybridized carbons (Fsp3) is 0.655. The molecule has 181 valence electrons. The monoisotopic (exact) mass is 452 g/mol. The van der Waals surface area contributed by atoms with E-state index in [9.17, 15) is 9.90 Å². The van der Waals surface area contributed by atoms with Crippen molar-refractivity contribution in [1.29, 1.82) is 0 Å². The van der Waals surface area contributed by atoms with E-state index < -0.39 is 11.7 Å². The number of carbonyl (C=O) groups excluding carboxylic acids is 1. The van der Waals surface area contributed by atoms with Crippen LogP contribution in [-0.2, 0) is 14.9 Å². The maximum atomic E-state index is 11.8. The summed E-state index contributed by atoms with van der Waals surface area (Å²) in [5.74, 6) is 0.833. The Kier molecular flexibility index (Phi) is 7.08. The summed E-state index contributed by atoms with van der Waals surface area (Å²) in [5.41, 5.74) is 1.77. The first-order chi connectivity index (χ1) is 15.6. The van der Waals surface area contributed by atoms with Gasteiger partial charge in [-0.15, -0.1) is 0 Å². The van der Waals surface area contributed by atoms with Gasteiger partial charge in [0.15, 0.2) is 0 Å². The molecule has 1 heterocycles. The number of esters is 1. The van der Waals surface area contributed by atoms with Crippen molar-refractivity contribution in [2.45, 2.75) is 77.4 Å². The molecule has 1 N–H and O–H groups in total. The van der Waals surface area contributed by atoms with Crippen LogP contribution in [0.5, 0.6) is 0 Å². The van der Waals surface area contributed by atoms with Crippen molar-refractivity contribution < 1.29 is 14.6 Å². The zero-order chi connectivity index (χ0) is 23.8. The Morgan fingerprint density at radius 2 is 2.00 bits per heavy atom. The van der Waals surface area contributed by atoms with E-state index in [2.05, 4.69) is 62.1 Å². The number of nitrogens with zero attached hydrogens (tertiary/aromatic N) is 1. The number of rotatable bonds is 5. The Labute approximate surface area is 200 Å². The number of carbonyl (C=O) groups is 1. The van der Waals surface area contributed by atoms with Gasteiger partial charge in [-0.1, -0.05) is 57.2 Å². The van der Waals surface area contributed by atoms with Crippen molar-refractivity contribution >= 4 is 5.97 Å². The minimum Gasteiger partial charge on any atom is -0.458 e. The van der Waals surface area contributed by atoms with Crippen LogP contribution < -0.4 is 0 Å². The highest BCUT2D eigenvalue weighted by Crippen LogP contribution is 2.51. The molecule has 0 aromatic heterocycles. The Morgan fingerprint density at radius 3 is 2.70 bits per heavy atom. The molecule has 1 aromatic rings. The first-order valence-corrected chi connectivity index (χ1v) is 12.8. The summed E-state index contributed by atoms with van der Waals surface area (Å²) in [6, 6.07) is 11.0. The van der Waals surface area contributed by atoms with E-state index in [4.69, 9.17) is 4.74 Å². The van der Waals surface area contributed by atoms with Crippen molar-refractivity contribution in [3.05, 3.63) is 54.0 Å². The molecular formula is C29H42NO3. The molecule has 4 heteroatoms. The number of aliphatic hydroxyl groups is 1. The average molecular weight is 453 g/mol. The lowest BCUT2D eigenvalue weighted by Gasteiger charge is -2.53. The molecule has 1 aliphatic heterocycles. The normalized spacial score (nSPS) is 38.2. The molecule has 1 aromatic carbocycles. The highest BCUT2D eigenvalue weighted by molar-refractivity contribution is 5.66. The predicted octanol–water partition coefficient (Wildman–Crippen LogP) is 5.17. The van der Waals surface area contributed by atoms with Gasteiger partial charge in [-0.3, -0.25) is 4.79 Å². The van der Waals surface area contributed by atoms with Gasteiger partial charge in [0.05, 0.1) is 5.60 Å². The molecule has 33 heavy (non-hydrogen) atoms. The number of likely N-dealkylation sites (tertiary alicyclic amines) is 1. The molecule has 2 aliphatic carbocycles. The second kappa shape index (κ2) is 9.54. The molecule has 0 bridgehead atoms. The minimum absolute atomic E-state index is 0.0772. The van der Waals surface area contributed by atoms with Crippen molar-refractivity contribution in [3.63, 3.8) is 0 Å². The maximum Gasteiger partial charge on any atom is 0.303 e. The van der Waals surface area contributed by atoms with Crippen LogP contribution in [-0.4, -0.2) is 47.3 Å². The minimum atomic E-state index is -0.919. The molecule has 2 fully saturated rings. The lowest BCUT2D eigenvalue weighted by atomic mass is 9.57. The summed E-state index contributed by atoms with van der Waals surface area (Å²) < 4.78 is 5.52. The Bertz CT molecular complexity index is 867. The highest BCUT2D eigenvalue weighted by atomic mass is 16.5. The zero-order valence-electron chi connectivity index (χ0n) is 21.1. The van der Waals surface area contributed by atoms with E-state index in [1.165, 1.54) is 25.3 Å². The maximum absolute atomic E-state index is 11.8. The third kappa shape index (κ3) is 4.93. The number of benzene rings is 1. The van der Waals surface area contributed by atoms with Crippen LogP contribution in [0.3, 0.4) is 0 Å². The Hall–Kier alpha value is -1.65. The zero-order valence-corrected chi connectivity index (χ0v) is 21.1. The number of ether oxygens (including phenoxy) is 1. The number of piperidine rings is 1. The molecule has 3 aliphatic rings. The van der Waals surface area contributed by atoms with Crippen LogP contribution in [0.1, 0.15) is 65.9 Å². The summed E-state index contributed by atoms with van der Waals surface area (Å²) in [6.45, 7) is 13.7. The summed E-state index contributed by atoms with van der Waals surface area (Å²) in [4.78, 5) is 14.3. The van der Waals surface area contributed by atoms with Gasteiger partial charge in [0.1, 0.15) is 6.10 Å². The van der Waals surface area contributed by atoms with E-state index in [0.29, 0.717) is 11.8 Å². The van der Waals surface area contributed by atoms with Gasteiger partial charge in [0.2, 0.25) is 0 Å². The highest BCUT2D eigenvalue weighted by Gasteiger charge is 2.53. The standard InChI is InChI=1S/C29H42NO3/c1-20-16-26-25(13-12-22(3)29(26,32)17-27(20)33-23(4)31)21(2)18-30-15-9-14-28(5,19-30)24-10-7-6-8-11-24/h6-8,10-11,16-17,21-22,25-27,32H,9,12-15,18-19H2,1-5H3/t21?,22-,25+,26-,27-,28-,29-/m1/s1. The van der Waals surface area contributed by atoms with Crippen LogP contribution in [0.15, 0.2) is 42.0 Å². The second-order valence-electron chi connectivity index (χ2n) is 11.4. The lowest BCUT2D eigenvalue weighted by molar-refractivity contribution is -0.148. The quantitative estimate of drug-likeness (QED) is 0.495. The Balaban J connectivity index is 1.49. The molecule has 0 amide bonds. The lowest BCUT2D eigenvalue weighted by Crippen LogP contribution is -2.57. The van der Waals surface area contributed by atoms with E-state index in [1.807, 2.05) is 13.3 Å². The van der Waals surface area contributed by atoms with Gasteiger partial charge in [-0.05, 0) is 68.0 Å². The van der Waals surface area contributed by atoms with Crippen LogP contribution >= 0.6 is 0 Å². The fourth-order valence-electron chi connectivity index (χ4n) is 6.87. The second-order valence-corrected chi connectivity index (χ2v) is 11.4. The van der Waals surface area contributed by atoms with E-state index in [-0.39, 0.29) is 23.2 Å². The summed E-state index contributed by atoms with van der Waals surface area (Å²) in [5, 5.41) is 11.8. The van der Waals surface area contributed by atoms with Crippen LogP contribution in [0.2, 0.25) is 0 Å². The van der Waals surface area contributed by atoms with Crippen LogP contribution in [0.4, 0.5) is 0 Å². The number of hydrogen-bond acceptors (Lipinski definition) is 4. The third-order valence-electron chi connectivity index (χ3n) is 8.84.